The molecule has 1 aliphatic heterocycles. The van der Waals surface area contributed by atoms with E-state index in [1.165, 1.54) is 4.90 Å². The average molecular weight is 401 g/mol. The Balaban J connectivity index is 1.85. The van der Waals surface area contributed by atoms with Gasteiger partial charge in [-0.1, -0.05) is 30.3 Å². The molecule has 0 aliphatic carbocycles. The van der Waals surface area contributed by atoms with Crippen LogP contribution in [0.3, 0.4) is 0 Å². The molecule has 1 aliphatic rings. The number of amides is 1. The Morgan fingerprint density at radius 2 is 2.03 bits per heavy atom. The van der Waals surface area contributed by atoms with Crippen LogP contribution in [-0.2, 0) is 0 Å². The van der Waals surface area contributed by atoms with E-state index in [9.17, 15) is 20.3 Å². The van der Waals surface area contributed by atoms with Gasteiger partial charge in [0.1, 0.15) is 6.10 Å². The molecule has 152 valence electrons. The highest BCUT2D eigenvalue weighted by Gasteiger charge is 2.33. The average Bonchev–Trinajstić information content (AvgIpc) is 2.78. The van der Waals surface area contributed by atoms with Crippen LogP contribution >= 0.6 is 0 Å². The quantitative estimate of drug-likeness (QED) is 0.666. The van der Waals surface area contributed by atoms with Crippen LogP contribution in [0.15, 0.2) is 48.5 Å². The zero-order valence-corrected chi connectivity index (χ0v) is 16.7. The first-order valence-corrected chi connectivity index (χ1v) is 10.1. The van der Waals surface area contributed by atoms with Crippen LogP contribution in [0.5, 0.6) is 0 Å². The topological polar surface area (TPSA) is 97.4 Å². The van der Waals surface area contributed by atoms with E-state index >= 15 is 0 Å². The van der Waals surface area contributed by atoms with Crippen molar-refractivity contribution in [3.8, 4) is 17.3 Å². The Bertz CT molecular complexity index is 1150. The molecule has 2 N–H and O–H groups in total. The van der Waals surface area contributed by atoms with Gasteiger partial charge in [0, 0.05) is 17.5 Å². The predicted octanol–water partition coefficient (Wildman–Crippen LogP) is 4.65. The Morgan fingerprint density at radius 3 is 2.80 bits per heavy atom. The lowest BCUT2D eigenvalue weighted by Crippen LogP contribution is -2.46. The van der Waals surface area contributed by atoms with Crippen LogP contribution in [0.25, 0.3) is 22.2 Å². The summed E-state index contributed by atoms with van der Waals surface area (Å²) in [5.74, 6) is 0. The second-order valence-electron chi connectivity index (χ2n) is 7.74. The minimum atomic E-state index is -1.01. The summed E-state index contributed by atoms with van der Waals surface area (Å²) in [4.78, 5) is 17.8. The number of carboxylic acid groups (broad SMARTS) is 1. The fourth-order valence-electron chi connectivity index (χ4n) is 4.23. The molecule has 1 amide bonds. The summed E-state index contributed by atoms with van der Waals surface area (Å²) < 4.78 is 0. The molecule has 2 atom stereocenters. The van der Waals surface area contributed by atoms with E-state index in [-0.39, 0.29) is 0 Å². The van der Waals surface area contributed by atoms with Crippen molar-refractivity contribution in [3.63, 3.8) is 0 Å². The number of aliphatic hydroxyl groups excluding tert-OH is 1. The molecule has 3 aromatic rings. The summed E-state index contributed by atoms with van der Waals surface area (Å²) in [5.41, 5.74) is 4.29. The Kier molecular flexibility index (Phi) is 5.39. The maximum Gasteiger partial charge on any atom is 0.407 e. The van der Waals surface area contributed by atoms with Crippen molar-refractivity contribution in [1.29, 1.82) is 5.26 Å². The monoisotopic (exact) mass is 401 g/mol. The van der Waals surface area contributed by atoms with E-state index in [1.807, 2.05) is 49.4 Å². The number of hydrogen-bond donors (Lipinski definition) is 2. The third kappa shape index (κ3) is 3.60. The van der Waals surface area contributed by atoms with Gasteiger partial charge in [0.15, 0.2) is 0 Å². The molecule has 0 saturated carbocycles. The summed E-state index contributed by atoms with van der Waals surface area (Å²) in [6.07, 6.45) is 0.328. The number of pyridine rings is 1. The molecule has 4 rings (SSSR count). The molecule has 1 fully saturated rings. The lowest BCUT2D eigenvalue weighted by molar-refractivity contribution is 0.0292. The Hall–Kier alpha value is -3.43. The molecule has 0 bridgehead atoms. The van der Waals surface area contributed by atoms with Crippen LogP contribution < -0.4 is 0 Å². The lowest BCUT2D eigenvalue weighted by atomic mass is 9.90. The van der Waals surface area contributed by atoms with Gasteiger partial charge in [-0.25, -0.2) is 9.78 Å². The summed E-state index contributed by atoms with van der Waals surface area (Å²) in [7, 11) is 0. The maximum atomic E-state index is 11.7. The van der Waals surface area contributed by atoms with E-state index in [2.05, 4.69) is 6.07 Å². The van der Waals surface area contributed by atoms with Crippen LogP contribution in [0, 0.1) is 18.3 Å². The molecular weight excluding hydrogens is 378 g/mol. The van der Waals surface area contributed by atoms with Gasteiger partial charge < -0.3 is 15.1 Å². The van der Waals surface area contributed by atoms with E-state index < -0.39 is 18.2 Å². The third-order valence-corrected chi connectivity index (χ3v) is 5.88. The van der Waals surface area contributed by atoms with E-state index in [0.717, 1.165) is 34.9 Å². The number of hydrogen-bond acceptors (Lipinski definition) is 4. The first-order chi connectivity index (χ1) is 14.5. The van der Waals surface area contributed by atoms with E-state index in [0.29, 0.717) is 29.8 Å². The van der Waals surface area contributed by atoms with Gasteiger partial charge in [0.2, 0.25) is 0 Å². The van der Waals surface area contributed by atoms with Crippen LogP contribution in [0.4, 0.5) is 4.79 Å². The van der Waals surface area contributed by atoms with Gasteiger partial charge in [0.25, 0.3) is 0 Å². The molecule has 6 nitrogen and oxygen atoms in total. The van der Waals surface area contributed by atoms with Gasteiger partial charge in [-0.3, -0.25) is 0 Å². The molecule has 6 heteroatoms. The van der Waals surface area contributed by atoms with Gasteiger partial charge >= 0.3 is 6.09 Å². The van der Waals surface area contributed by atoms with E-state index in [1.54, 1.807) is 6.07 Å². The van der Waals surface area contributed by atoms with Gasteiger partial charge in [0.05, 0.1) is 28.9 Å². The van der Waals surface area contributed by atoms with Crippen molar-refractivity contribution in [2.24, 2.45) is 0 Å². The molecule has 2 heterocycles. The number of aliphatic hydroxyl groups is 1. The second-order valence-corrected chi connectivity index (χ2v) is 7.74. The van der Waals surface area contributed by atoms with Crippen molar-refractivity contribution in [2.45, 2.75) is 38.3 Å². The molecule has 1 saturated heterocycles. The molecule has 0 radical (unpaired) electrons. The lowest BCUT2D eigenvalue weighted by Gasteiger charge is -2.37. The van der Waals surface area contributed by atoms with E-state index in [4.69, 9.17) is 4.98 Å². The number of benzene rings is 2. The first-order valence-electron chi connectivity index (χ1n) is 10.1. The van der Waals surface area contributed by atoms with Crippen molar-refractivity contribution in [1.82, 2.24) is 9.88 Å². The van der Waals surface area contributed by atoms with Crippen LogP contribution in [-0.4, -0.2) is 38.8 Å². The largest absolute Gasteiger partial charge is 0.465 e. The number of piperidine rings is 1. The third-order valence-electron chi connectivity index (χ3n) is 5.88. The number of fused-ring (bicyclic) bond motifs is 1. The minimum Gasteiger partial charge on any atom is -0.465 e. The maximum absolute atomic E-state index is 11.7. The summed E-state index contributed by atoms with van der Waals surface area (Å²) in [6, 6.07) is 16.7. The highest BCUT2D eigenvalue weighted by Crippen LogP contribution is 2.35. The number of carbonyl (C=O) groups is 1. The van der Waals surface area contributed by atoms with Gasteiger partial charge in [-0.2, -0.15) is 5.26 Å². The van der Waals surface area contributed by atoms with Crippen molar-refractivity contribution >= 4 is 17.0 Å². The summed E-state index contributed by atoms with van der Waals surface area (Å²) >= 11 is 0. The number of aryl methyl sites for hydroxylation is 1. The molecular formula is C24H23N3O3. The van der Waals surface area contributed by atoms with Crippen molar-refractivity contribution in [3.05, 3.63) is 65.2 Å². The zero-order valence-electron chi connectivity index (χ0n) is 16.7. The van der Waals surface area contributed by atoms with Gasteiger partial charge in [-0.05, 0) is 55.5 Å². The fourth-order valence-corrected chi connectivity index (χ4v) is 4.23. The highest BCUT2D eigenvalue weighted by molar-refractivity contribution is 5.86. The second kappa shape index (κ2) is 8.13. The van der Waals surface area contributed by atoms with Crippen molar-refractivity contribution in [2.75, 3.05) is 6.54 Å². The summed E-state index contributed by atoms with van der Waals surface area (Å²) in [5, 5.41) is 31.1. The summed E-state index contributed by atoms with van der Waals surface area (Å²) in [6.45, 7) is 2.31. The number of rotatable bonds is 3. The minimum absolute atomic E-state index is 0.427. The standard InChI is InChI=1S/C24H23N3O3/c1-15-9-10-16(12-17(15)14-25)21-13-19(18-6-2-3-7-20(18)26-21)23(28)22-8-4-5-11-27(22)24(29)30/h2-3,6-7,9-10,12-13,22-23,28H,4-5,8,11H2,1H3,(H,29,30)/t22?,23-/m0/s1. The SMILES string of the molecule is Cc1ccc(-c2cc([C@H](O)C3CCCCN3C(=O)O)c3ccccc3n2)cc1C#N. The number of para-hydroxylation sites is 1. The zero-order chi connectivity index (χ0) is 21.3. The molecule has 2 aromatic carbocycles. The number of likely N-dealkylation sites (tertiary alicyclic amines) is 1. The van der Waals surface area contributed by atoms with Crippen LogP contribution in [0.1, 0.15) is 42.1 Å². The number of aromatic nitrogens is 1. The molecule has 1 aromatic heterocycles. The smallest absolute Gasteiger partial charge is 0.407 e. The Labute approximate surface area is 175 Å². The predicted molar refractivity (Wildman–Crippen MR) is 114 cm³/mol. The normalized spacial score (nSPS) is 17.5. The number of nitrogens with zero attached hydrogens (tertiary/aromatic N) is 3. The number of nitriles is 1. The first kappa shape index (κ1) is 19.9. The fraction of sp³-hybridized carbons (Fsp3) is 0.292. The van der Waals surface area contributed by atoms with Crippen LogP contribution in [0.2, 0.25) is 0 Å². The molecule has 0 spiro atoms. The van der Waals surface area contributed by atoms with Gasteiger partial charge in [-0.15, -0.1) is 0 Å². The van der Waals surface area contributed by atoms with Crippen molar-refractivity contribution < 1.29 is 15.0 Å². The highest BCUT2D eigenvalue weighted by atomic mass is 16.4. The molecule has 1 unspecified atom stereocenters. The Morgan fingerprint density at radius 1 is 1.23 bits per heavy atom. The molecule has 30 heavy (non-hydrogen) atoms.